The number of benzene rings is 1. The average molecular weight is 397 g/mol. The van der Waals surface area contributed by atoms with Gasteiger partial charge < -0.3 is 14.2 Å². The summed E-state index contributed by atoms with van der Waals surface area (Å²) in [5.41, 5.74) is 3.38. The number of likely N-dealkylation sites (tertiary alicyclic amines) is 1. The molecule has 0 aliphatic carbocycles. The van der Waals surface area contributed by atoms with Crippen molar-refractivity contribution in [3.8, 4) is 5.75 Å². The third kappa shape index (κ3) is 4.16. The van der Waals surface area contributed by atoms with Gasteiger partial charge in [0, 0.05) is 32.0 Å². The summed E-state index contributed by atoms with van der Waals surface area (Å²) in [5.74, 6) is 3.60. The molecule has 0 unspecified atom stereocenters. The largest absolute Gasteiger partial charge is 0.483 e. The number of amides is 1. The summed E-state index contributed by atoms with van der Waals surface area (Å²) < 4.78 is 8.28. The first-order valence-corrected chi connectivity index (χ1v) is 10.9. The van der Waals surface area contributed by atoms with Crippen LogP contribution in [0.4, 0.5) is 0 Å². The molecule has 0 atom stereocenters. The van der Waals surface area contributed by atoms with Crippen LogP contribution >= 0.6 is 0 Å². The summed E-state index contributed by atoms with van der Waals surface area (Å²) in [6.45, 7) is 8.82. The molecule has 2 aliphatic heterocycles. The van der Waals surface area contributed by atoms with E-state index < -0.39 is 0 Å². The lowest BCUT2D eigenvalue weighted by atomic mass is 9.95. The Balaban J connectivity index is 1.34. The molecule has 1 fully saturated rings. The summed E-state index contributed by atoms with van der Waals surface area (Å²) in [4.78, 5) is 14.7. The molecule has 0 spiro atoms. The number of piperidine rings is 1. The van der Waals surface area contributed by atoms with E-state index >= 15 is 0 Å². The van der Waals surface area contributed by atoms with E-state index in [1.165, 1.54) is 24.8 Å². The molecule has 156 valence electrons. The molecule has 1 aromatic heterocycles. The quantitative estimate of drug-likeness (QED) is 0.790. The zero-order valence-electron chi connectivity index (χ0n) is 17.9. The maximum absolute atomic E-state index is 12.7. The molecule has 1 aromatic carbocycles. The van der Waals surface area contributed by atoms with Gasteiger partial charge in [0.1, 0.15) is 17.4 Å². The lowest BCUT2D eigenvalue weighted by Crippen LogP contribution is -2.41. The number of carbonyl (C=O) groups excluding carboxylic acids is 1. The molecule has 29 heavy (non-hydrogen) atoms. The second-order valence-electron chi connectivity index (χ2n) is 8.53. The summed E-state index contributed by atoms with van der Waals surface area (Å²) in [5, 5.41) is 8.97. The number of hydrogen-bond donors (Lipinski definition) is 0. The first-order valence-electron chi connectivity index (χ1n) is 10.9. The highest BCUT2D eigenvalue weighted by atomic mass is 16.5. The highest BCUT2D eigenvalue weighted by molar-refractivity contribution is 5.78. The zero-order valence-corrected chi connectivity index (χ0v) is 17.9. The normalized spacial score (nSPS) is 17.7. The van der Waals surface area contributed by atoms with Crippen molar-refractivity contribution < 1.29 is 9.53 Å². The van der Waals surface area contributed by atoms with Crippen LogP contribution < -0.4 is 4.74 Å². The molecule has 6 nitrogen and oxygen atoms in total. The number of rotatable bonds is 4. The number of carbonyl (C=O) groups is 1. The van der Waals surface area contributed by atoms with Gasteiger partial charge in [-0.25, -0.2) is 0 Å². The van der Waals surface area contributed by atoms with Crippen LogP contribution in [-0.2, 0) is 17.8 Å². The van der Waals surface area contributed by atoms with Crippen molar-refractivity contribution in [3.05, 3.63) is 40.5 Å². The van der Waals surface area contributed by atoms with Gasteiger partial charge in [-0.1, -0.05) is 18.6 Å². The summed E-state index contributed by atoms with van der Waals surface area (Å²) in [6, 6.07) is 4.14. The zero-order chi connectivity index (χ0) is 20.4. The molecule has 2 aromatic rings. The maximum atomic E-state index is 12.7. The Bertz CT molecular complexity index is 881. The topological polar surface area (TPSA) is 60.2 Å². The van der Waals surface area contributed by atoms with Crippen molar-refractivity contribution in [2.24, 2.45) is 0 Å². The minimum Gasteiger partial charge on any atom is -0.483 e. The Labute approximate surface area is 173 Å². The van der Waals surface area contributed by atoms with Crippen LogP contribution in [0.2, 0.25) is 0 Å². The fourth-order valence-electron chi connectivity index (χ4n) is 4.57. The summed E-state index contributed by atoms with van der Waals surface area (Å²) in [6.07, 6.45) is 6.64. The smallest absolute Gasteiger partial charge is 0.260 e. The molecule has 2 aliphatic rings. The van der Waals surface area contributed by atoms with Crippen LogP contribution in [0.5, 0.6) is 5.75 Å². The fraction of sp³-hybridized carbons (Fsp3) is 0.609. The number of aromatic nitrogens is 3. The van der Waals surface area contributed by atoms with Crippen molar-refractivity contribution in [2.45, 2.75) is 71.8 Å². The molecule has 3 heterocycles. The highest BCUT2D eigenvalue weighted by Gasteiger charge is 2.28. The van der Waals surface area contributed by atoms with E-state index in [0.717, 1.165) is 67.4 Å². The van der Waals surface area contributed by atoms with Crippen LogP contribution in [-0.4, -0.2) is 45.3 Å². The minimum absolute atomic E-state index is 0.0730. The van der Waals surface area contributed by atoms with E-state index in [1.807, 2.05) is 11.8 Å². The summed E-state index contributed by atoms with van der Waals surface area (Å²) >= 11 is 0. The highest BCUT2D eigenvalue weighted by Crippen LogP contribution is 2.29. The van der Waals surface area contributed by atoms with Gasteiger partial charge in [-0.15, -0.1) is 10.2 Å². The molecule has 1 amide bonds. The van der Waals surface area contributed by atoms with Crippen molar-refractivity contribution in [2.75, 3.05) is 19.7 Å². The molecule has 0 saturated carbocycles. The van der Waals surface area contributed by atoms with Gasteiger partial charge in [0.25, 0.3) is 5.91 Å². The van der Waals surface area contributed by atoms with Crippen molar-refractivity contribution in [3.63, 3.8) is 0 Å². The van der Waals surface area contributed by atoms with Crippen LogP contribution in [0.25, 0.3) is 0 Å². The predicted octanol–water partition coefficient (Wildman–Crippen LogP) is 3.71. The van der Waals surface area contributed by atoms with Gasteiger partial charge in [-0.3, -0.25) is 4.79 Å². The third-order valence-corrected chi connectivity index (χ3v) is 6.56. The van der Waals surface area contributed by atoms with Gasteiger partial charge in [-0.2, -0.15) is 0 Å². The Hall–Kier alpha value is -2.37. The number of hydrogen-bond acceptors (Lipinski definition) is 4. The second kappa shape index (κ2) is 8.56. The average Bonchev–Trinajstić information content (AvgIpc) is 2.99. The fourth-order valence-corrected chi connectivity index (χ4v) is 4.57. The third-order valence-electron chi connectivity index (χ3n) is 6.56. The lowest BCUT2D eigenvalue weighted by Gasteiger charge is -2.31. The predicted molar refractivity (Wildman–Crippen MR) is 112 cm³/mol. The summed E-state index contributed by atoms with van der Waals surface area (Å²) in [7, 11) is 0. The lowest BCUT2D eigenvalue weighted by molar-refractivity contribution is -0.134. The number of nitrogens with zero attached hydrogens (tertiary/aromatic N) is 4. The van der Waals surface area contributed by atoms with E-state index in [0.29, 0.717) is 5.92 Å². The van der Waals surface area contributed by atoms with Crippen molar-refractivity contribution in [1.29, 1.82) is 0 Å². The van der Waals surface area contributed by atoms with Gasteiger partial charge in [0.2, 0.25) is 0 Å². The SMILES string of the molecule is Cc1ccc(C)c(OCC(=O)N2CCC(c3nnc4n3CCCCC4)CC2)c1C. The van der Waals surface area contributed by atoms with E-state index in [1.54, 1.807) is 0 Å². The molecular formula is C23H32N4O2. The molecule has 6 heteroatoms. The van der Waals surface area contributed by atoms with Crippen LogP contribution in [0.1, 0.15) is 66.4 Å². The molecule has 1 saturated heterocycles. The van der Waals surface area contributed by atoms with Gasteiger partial charge in [-0.05, 0) is 63.1 Å². The Morgan fingerprint density at radius 3 is 2.59 bits per heavy atom. The Morgan fingerprint density at radius 2 is 1.79 bits per heavy atom. The number of fused-ring (bicyclic) bond motifs is 1. The van der Waals surface area contributed by atoms with Crippen LogP contribution in [0, 0.1) is 20.8 Å². The first-order chi connectivity index (χ1) is 14.0. The Morgan fingerprint density at radius 1 is 1.03 bits per heavy atom. The van der Waals surface area contributed by atoms with Crippen molar-refractivity contribution >= 4 is 5.91 Å². The molecule has 0 radical (unpaired) electrons. The second-order valence-corrected chi connectivity index (χ2v) is 8.53. The molecule has 0 N–H and O–H groups in total. The first kappa shape index (κ1) is 19.9. The monoisotopic (exact) mass is 396 g/mol. The van der Waals surface area contributed by atoms with E-state index in [9.17, 15) is 4.79 Å². The van der Waals surface area contributed by atoms with E-state index in [4.69, 9.17) is 4.74 Å². The molecule has 0 bridgehead atoms. The van der Waals surface area contributed by atoms with Gasteiger partial charge in [0.05, 0.1) is 0 Å². The standard InChI is InChI=1S/C23H32N4O2/c1-16-8-9-17(2)22(18(16)3)29-15-21(28)26-13-10-19(11-14-26)23-25-24-20-7-5-4-6-12-27(20)23/h8-9,19H,4-7,10-15H2,1-3H3. The van der Waals surface area contributed by atoms with Crippen molar-refractivity contribution in [1.82, 2.24) is 19.7 Å². The van der Waals surface area contributed by atoms with Gasteiger partial charge in [0.15, 0.2) is 6.61 Å². The van der Waals surface area contributed by atoms with E-state index in [2.05, 4.69) is 40.7 Å². The number of ether oxygens (including phenoxy) is 1. The Kier molecular flexibility index (Phi) is 5.88. The van der Waals surface area contributed by atoms with Crippen LogP contribution in [0.15, 0.2) is 12.1 Å². The molecular weight excluding hydrogens is 364 g/mol. The van der Waals surface area contributed by atoms with E-state index in [-0.39, 0.29) is 12.5 Å². The molecule has 4 rings (SSSR count). The van der Waals surface area contributed by atoms with Gasteiger partial charge >= 0.3 is 0 Å². The number of aryl methyl sites for hydroxylation is 3. The minimum atomic E-state index is 0.0730. The van der Waals surface area contributed by atoms with Crippen LogP contribution in [0.3, 0.4) is 0 Å². The maximum Gasteiger partial charge on any atom is 0.260 e.